The number of hydrogen-bond acceptors (Lipinski definition) is 6. The number of nitrogens with zero attached hydrogens (tertiary/aromatic N) is 3. The number of rotatable bonds is 11. The van der Waals surface area contributed by atoms with Crippen LogP contribution < -0.4 is 10.1 Å². The van der Waals surface area contributed by atoms with Crippen LogP contribution in [0.15, 0.2) is 54.0 Å². The average molecular weight is 505 g/mol. The SMILES string of the molecule is CCc1cc(-c2nc(-c3cc(C(=O)NCCCOC)c(C)n3Cc3ccc(OC)cc3)cs2)ccn1. The van der Waals surface area contributed by atoms with E-state index in [0.29, 0.717) is 25.3 Å². The number of thiazole rings is 1. The van der Waals surface area contributed by atoms with Gasteiger partial charge in [-0.25, -0.2) is 4.98 Å². The Balaban J connectivity index is 1.69. The third-order valence-corrected chi connectivity index (χ3v) is 7.01. The number of carbonyl (C=O) groups is 1. The maximum Gasteiger partial charge on any atom is 0.253 e. The fraction of sp³-hybridized carbons (Fsp3) is 0.321. The molecular formula is C28H32N4O3S. The average Bonchev–Trinajstić information content (AvgIpc) is 3.52. The summed E-state index contributed by atoms with van der Waals surface area (Å²) >= 11 is 1.60. The van der Waals surface area contributed by atoms with Crippen LogP contribution in [0.1, 0.15) is 40.7 Å². The molecule has 4 rings (SSSR count). The minimum Gasteiger partial charge on any atom is -0.497 e. The quantitative estimate of drug-likeness (QED) is 0.278. The van der Waals surface area contributed by atoms with Crippen LogP contribution >= 0.6 is 11.3 Å². The van der Waals surface area contributed by atoms with E-state index in [4.69, 9.17) is 14.5 Å². The van der Waals surface area contributed by atoms with Crippen molar-refractivity contribution in [2.75, 3.05) is 27.4 Å². The highest BCUT2D eigenvalue weighted by Crippen LogP contribution is 2.32. The molecule has 8 heteroatoms. The van der Waals surface area contributed by atoms with Gasteiger partial charge in [-0.05, 0) is 55.7 Å². The van der Waals surface area contributed by atoms with Crippen LogP contribution in [0, 0.1) is 6.92 Å². The second-order valence-corrected chi connectivity index (χ2v) is 9.35. The van der Waals surface area contributed by atoms with Crippen molar-refractivity contribution < 1.29 is 14.3 Å². The fourth-order valence-electron chi connectivity index (χ4n) is 4.05. The number of benzene rings is 1. The maximum absolute atomic E-state index is 13.1. The Kier molecular flexibility index (Phi) is 8.51. The van der Waals surface area contributed by atoms with E-state index in [9.17, 15) is 4.79 Å². The first-order valence-corrected chi connectivity index (χ1v) is 12.9. The second-order valence-electron chi connectivity index (χ2n) is 8.49. The molecule has 0 saturated heterocycles. The Morgan fingerprint density at radius 2 is 1.94 bits per heavy atom. The van der Waals surface area contributed by atoms with Crippen LogP contribution in [0.3, 0.4) is 0 Å². The van der Waals surface area contributed by atoms with Gasteiger partial charge in [0.25, 0.3) is 5.91 Å². The van der Waals surface area contributed by atoms with E-state index in [2.05, 4.69) is 33.2 Å². The van der Waals surface area contributed by atoms with Gasteiger partial charge >= 0.3 is 0 Å². The predicted octanol–water partition coefficient (Wildman–Crippen LogP) is 5.37. The predicted molar refractivity (Wildman–Crippen MR) is 144 cm³/mol. The van der Waals surface area contributed by atoms with Crippen molar-refractivity contribution in [3.8, 4) is 27.7 Å². The molecule has 0 unspecified atom stereocenters. The summed E-state index contributed by atoms with van der Waals surface area (Å²) in [7, 11) is 3.32. The maximum atomic E-state index is 13.1. The zero-order valence-corrected chi connectivity index (χ0v) is 22.0. The van der Waals surface area contributed by atoms with Crippen LogP contribution in [0.25, 0.3) is 22.0 Å². The normalized spacial score (nSPS) is 11.0. The first kappa shape index (κ1) is 25.6. The lowest BCUT2D eigenvalue weighted by Crippen LogP contribution is -2.25. The lowest BCUT2D eigenvalue weighted by atomic mass is 10.2. The smallest absolute Gasteiger partial charge is 0.253 e. The third kappa shape index (κ3) is 5.83. The summed E-state index contributed by atoms with van der Waals surface area (Å²) in [6, 6.07) is 14.0. The highest BCUT2D eigenvalue weighted by atomic mass is 32.1. The highest BCUT2D eigenvalue weighted by Gasteiger charge is 2.20. The zero-order valence-electron chi connectivity index (χ0n) is 21.2. The van der Waals surface area contributed by atoms with Crippen molar-refractivity contribution in [2.45, 2.75) is 33.2 Å². The molecule has 36 heavy (non-hydrogen) atoms. The summed E-state index contributed by atoms with van der Waals surface area (Å²) in [5, 5.41) is 6.01. The number of ether oxygens (including phenoxy) is 2. The van der Waals surface area contributed by atoms with E-state index in [1.807, 2.05) is 49.5 Å². The number of hydrogen-bond donors (Lipinski definition) is 1. The van der Waals surface area contributed by atoms with E-state index in [0.717, 1.165) is 57.5 Å². The van der Waals surface area contributed by atoms with Gasteiger partial charge in [0.1, 0.15) is 10.8 Å². The molecule has 0 fully saturated rings. The Morgan fingerprint density at radius 3 is 2.67 bits per heavy atom. The van der Waals surface area contributed by atoms with E-state index < -0.39 is 0 Å². The van der Waals surface area contributed by atoms with Gasteiger partial charge in [-0.2, -0.15) is 0 Å². The van der Waals surface area contributed by atoms with Crippen LogP contribution in [0.4, 0.5) is 0 Å². The molecule has 0 aliphatic carbocycles. The Morgan fingerprint density at radius 1 is 1.14 bits per heavy atom. The Labute approximate surface area is 216 Å². The molecule has 0 aliphatic heterocycles. The van der Waals surface area contributed by atoms with Crippen molar-refractivity contribution >= 4 is 17.2 Å². The van der Waals surface area contributed by atoms with Crippen LogP contribution in [0.2, 0.25) is 0 Å². The Bertz CT molecular complexity index is 1310. The summed E-state index contributed by atoms with van der Waals surface area (Å²) in [5.74, 6) is 0.725. The third-order valence-electron chi connectivity index (χ3n) is 6.11. The van der Waals surface area contributed by atoms with E-state index in [1.54, 1.807) is 25.6 Å². The number of pyridine rings is 1. The molecule has 0 spiro atoms. The largest absolute Gasteiger partial charge is 0.497 e. The van der Waals surface area contributed by atoms with Gasteiger partial charge in [0, 0.05) is 55.3 Å². The van der Waals surface area contributed by atoms with Gasteiger partial charge in [0.05, 0.1) is 24.1 Å². The molecule has 0 aliphatic rings. The second kappa shape index (κ2) is 12.0. The van der Waals surface area contributed by atoms with Crippen molar-refractivity contribution in [2.24, 2.45) is 0 Å². The zero-order chi connectivity index (χ0) is 25.5. The minimum absolute atomic E-state index is 0.0875. The standard InChI is InChI=1S/C28H32N4O3S/c1-5-22-15-21(11-13-29-22)28-31-25(18-36-28)26-16-24(27(33)30-12-6-14-34-3)19(2)32(26)17-20-7-9-23(35-4)10-8-20/h7-11,13,15-16,18H,5-6,12,14,17H2,1-4H3,(H,30,33). The molecule has 188 valence electrons. The molecule has 0 bridgehead atoms. The lowest BCUT2D eigenvalue weighted by molar-refractivity contribution is 0.0948. The molecule has 7 nitrogen and oxygen atoms in total. The summed E-state index contributed by atoms with van der Waals surface area (Å²) in [6.07, 6.45) is 3.47. The number of aromatic nitrogens is 3. The van der Waals surface area contributed by atoms with Crippen molar-refractivity contribution in [3.05, 3.63) is 76.6 Å². The van der Waals surface area contributed by atoms with E-state index in [1.165, 1.54) is 0 Å². The number of aryl methyl sites for hydroxylation is 1. The molecule has 4 aromatic rings. The monoisotopic (exact) mass is 504 g/mol. The molecular weight excluding hydrogens is 472 g/mol. The van der Waals surface area contributed by atoms with E-state index in [-0.39, 0.29) is 5.91 Å². The molecule has 0 radical (unpaired) electrons. The van der Waals surface area contributed by atoms with Gasteiger partial charge in [0.15, 0.2) is 0 Å². The van der Waals surface area contributed by atoms with Gasteiger partial charge in [-0.15, -0.1) is 11.3 Å². The molecule has 3 aromatic heterocycles. The molecule has 0 atom stereocenters. The molecule has 1 aromatic carbocycles. The van der Waals surface area contributed by atoms with Gasteiger partial charge < -0.3 is 19.4 Å². The number of methoxy groups -OCH3 is 2. The molecule has 1 N–H and O–H groups in total. The van der Waals surface area contributed by atoms with Crippen LogP contribution in [0.5, 0.6) is 5.75 Å². The summed E-state index contributed by atoms with van der Waals surface area (Å²) in [4.78, 5) is 22.4. The van der Waals surface area contributed by atoms with Crippen LogP contribution in [-0.4, -0.2) is 47.8 Å². The first-order valence-electron chi connectivity index (χ1n) is 12.1. The summed E-state index contributed by atoms with van der Waals surface area (Å²) in [6.45, 7) is 5.87. The van der Waals surface area contributed by atoms with Crippen LogP contribution in [-0.2, 0) is 17.7 Å². The van der Waals surface area contributed by atoms with Gasteiger partial charge in [-0.1, -0.05) is 19.1 Å². The van der Waals surface area contributed by atoms with Crippen molar-refractivity contribution in [3.63, 3.8) is 0 Å². The van der Waals surface area contributed by atoms with Crippen molar-refractivity contribution in [1.82, 2.24) is 19.9 Å². The topological polar surface area (TPSA) is 78.3 Å². The van der Waals surface area contributed by atoms with E-state index >= 15 is 0 Å². The first-order chi connectivity index (χ1) is 17.5. The van der Waals surface area contributed by atoms with Crippen molar-refractivity contribution in [1.29, 1.82) is 0 Å². The van der Waals surface area contributed by atoms with Gasteiger partial charge in [0.2, 0.25) is 0 Å². The number of nitrogens with one attached hydrogen (secondary N) is 1. The molecule has 0 saturated carbocycles. The fourth-order valence-corrected chi connectivity index (χ4v) is 4.86. The minimum atomic E-state index is -0.0875. The van der Waals surface area contributed by atoms with Gasteiger partial charge in [-0.3, -0.25) is 9.78 Å². The molecule has 3 heterocycles. The Hall–Kier alpha value is -3.49. The lowest BCUT2D eigenvalue weighted by Gasteiger charge is -2.12. The summed E-state index contributed by atoms with van der Waals surface area (Å²) < 4.78 is 12.6. The number of amides is 1. The molecule has 1 amide bonds. The summed E-state index contributed by atoms with van der Waals surface area (Å²) in [5.41, 5.74) is 6.52. The highest BCUT2D eigenvalue weighted by molar-refractivity contribution is 7.13. The number of carbonyl (C=O) groups excluding carboxylic acids is 1.